The van der Waals surface area contributed by atoms with Crippen molar-refractivity contribution in [2.24, 2.45) is 0 Å². The maximum Gasteiger partial charge on any atom is 0.308 e. The first-order chi connectivity index (χ1) is 13.4. The molecule has 28 heavy (non-hydrogen) atoms. The Hall–Kier alpha value is -2.62. The number of para-hydroxylation sites is 2. The van der Waals surface area contributed by atoms with Crippen LogP contribution in [0.5, 0.6) is 5.75 Å². The Labute approximate surface area is 176 Å². The maximum atomic E-state index is 12.4. The third-order valence-corrected chi connectivity index (χ3v) is 4.76. The molecular formula is C20H19IN2O5. The zero-order valence-electron chi connectivity index (χ0n) is 15.2. The fourth-order valence-corrected chi connectivity index (χ4v) is 3.32. The molecule has 0 radical (unpaired) electrons. The van der Waals surface area contributed by atoms with Crippen LogP contribution in [-0.4, -0.2) is 37.0 Å². The summed E-state index contributed by atoms with van der Waals surface area (Å²) in [6, 6.07) is 14.4. The van der Waals surface area contributed by atoms with Crippen molar-refractivity contribution in [3.05, 3.63) is 52.1 Å². The van der Waals surface area contributed by atoms with E-state index in [2.05, 4.69) is 27.9 Å². The number of amides is 2. The second-order valence-corrected chi connectivity index (χ2v) is 7.43. The van der Waals surface area contributed by atoms with Gasteiger partial charge in [0, 0.05) is 15.8 Å². The SMILES string of the molecule is CC1Oc2ccccc2N(CCC(=O)OCC(=O)Nc2cccc(I)c2)C1=O. The lowest BCUT2D eigenvalue weighted by Gasteiger charge is -2.32. The summed E-state index contributed by atoms with van der Waals surface area (Å²) in [6.45, 7) is 1.44. The van der Waals surface area contributed by atoms with Crippen LogP contribution in [0.25, 0.3) is 0 Å². The summed E-state index contributed by atoms with van der Waals surface area (Å²) in [6.07, 6.45) is -0.645. The van der Waals surface area contributed by atoms with Crippen molar-refractivity contribution in [3.8, 4) is 5.75 Å². The number of rotatable bonds is 6. The van der Waals surface area contributed by atoms with Crippen molar-refractivity contribution in [2.75, 3.05) is 23.4 Å². The first kappa shape index (κ1) is 20.1. The third-order valence-electron chi connectivity index (χ3n) is 4.09. The number of nitrogens with one attached hydrogen (secondary N) is 1. The van der Waals surface area contributed by atoms with Gasteiger partial charge in [0.05, 0.1) is 12.1 Å². The first-order valence-electron chi connectivity index (χ1n) is 8.72. The van der Waals surface area contributed by atoms with Crippen molar-refractivity contribution >= 4 is 51.7 Å². The average molecular weight is 494 g/mol. The molecule has 2 aromatic carbocycles. The van der Waals surface area contributed by atoms with Crippen LogP contribution in [-0.2, 0) is 19.1 Å². The van der Waals surface area contributed by atoms with Crippen molar-refractivity contribution < 1.29 is 23.9 Å². The molecule has 146 valence electrons. The van der Waals surface area contributed by atoms with Gasteiger partial charge >= 0.3 is 5.97 Å². The number of carbonyl (C=O) groups excluding carboxylic acids is 3. The second kappa shape index (κ2) is 9.05. The van der Waals surface area contributed by atoms with Crippen LogP contribution in [0, 0.1) is 3.57 Å². The van der Waals surface area contributed by atoms with Crippen LogP contribution in [0.3, 0.4) is 0 Å². The van der Waals surface area contributed by atoms with Gasteiger partial charge in [0.15, 0.2) is 12.7 Å². The van der Waals surface area contributed by atoms with E-state index in [1.165, 1.54) is 4.90 Å². The summed E-state index contributed by atoms with van der Waals surface area (Å²) in [5, 5.41) is 2.67. The quantitative estimate of drug-likeness (QED) is 0.493. The predicted octanol–water partition coefficient (Wildman–Crippen LogP) is 2.98. The summed E-state index contributed by atoms with van der Waals surface area (Å²) in [7, 11) is 0. The Kier molecular flexibility index (Phi) is 6.50. The van der Waals surface area contributed by atoms with E-state index in [9.17, 15) is 14.4 Å². The Morgan fingerprint density at radius 3 is 2.79 bits per heavy atom. The fraction of sp³-hybridized carbons (Fsp3) is 0.250. The molecule has 1 N–H and O–H groups in total. The van der Waals surface area contributed by atoms with E-state index in [1.807, 2.05) is 24.3 Å². The van der Waals surface area contributed by atoms with E-state index in [0.29, 0.717) is 17.1 Å². The molecule has 0 spiro atoms. The van der Waals surface area contributed by atoms with Crippen molar-refractivity contribution in [1.29, 1.82) is 0 Å². The molecule has 0 fully saturated rings. The molecule has 8 heteroatoms. The second-order valence-electron chi connectivity index (χ2n) is 6.19. The van der Waals surface area contributed by atoms with E-state index in [4.69, 9.17) is 9.47 Å². The molecule has 0 saturated heterocycles. The minimum Gasteiger partial charge on any atom is -0.479 e. The number of esters is 1. The summed E-state index contributed by atoms with van der Waals surface area (Å²) in [4.78, 5) is 37.8. The molecular weight excluding hydrogens is 475 g/mol. The minimum absolute atomic E-state index is 0.0245. The van der Waals surface area contributed by atoms with Gasteiger partial charge in [-0.15, -0.1) is 0 Å². The Balaban J connectivity index is 1.50. The van der Waals surface area contributed by atoms with E-state index in [1.54, 1.807) is 31.2 Å². The number of carbonyl (C=O) groups is 3. The topological polar surface area (TPSA) is 84.9 Å². The molecule has 3 rings (SSSR count). The molecule has 0 bridgehead atoms. The number of halogens is 1. The third kappa shape index (κ3) is 5.00. The summed E-state index contributed by atoms with van der Waals surface area (Å²) < 4.78 is 11.6. The van der Waals surface area contributed by atoms with Crippen LogP contribution in [0.15, 0.2) is 48.5 Å². The van der Waals surface area contributed by atoms with Crippen molar-refractivity contribution in [3.63, 3.8) is 0 Å². The van der Waals surface area contributed by atoms with Gasteiger partial charge in [-0.25, -0.2) is 0 Å². The van der Waals surface area contributed by atoms with Gasteiger partial charge in [-0.05, 0) is 59.8 Å². The number of ether oxygens (including phenoxy) is 2. The fourth-order valence-electron chi connectivity index (χ4n) is 2.77. The van der Waals surface area contributed by atoms with E-state index in [0.717, 1.165) is 3.57 Å². The molecule has 0 saturated carbocycles. The Bertz CT molecular complexity index is 902. The highest BCUT2D eigenvalue weighted by Crippen LogP contribution is 2.33. The number of anilines is 2. The van der Waals surface area contributed by atoms with Gasteiger partial charge in [0.2, 0.25) is 0 Å². The maximum absolute atomic E-state index is 12.4. The molecule has 1 unspecified atom stereocenters. The highest BCUT2D eigenvalue weighted by atomic mass is 127. The number of hydrogen-bond donors (Lipinski definition) is 1. The highest BCUT2D eigenvalue weighted by molar-refractivity contribution is 14.1. The number of benzene rings is 2. The zero-order valence-corrected chi connectivity index (χ0v) is 17.3. The smallest absolute Gasteiger partial charge is 0.308 e. The van der Waals surface area contributed by atoms with Gasteiger partial charge in [-0.3, -0.25) is 14.4 Å². The van der Waals surface area contributed by atoms with Crippen LogP contribution >= 0.6 is 22.6 Å². The van der Waals surface area contributed by atoms with Crippen LogP contribution < -0.4 is 15.0 Å². The largest absolute Gasteiger partial charge is 0.479 e. The van der Waals surface area contributed by atoms with E-state index < -0.39 is 18.0 Å². The van der Waals surface area contributed by atoms with Gasteiger partial charge in [0.1, 0.15) is 5.75 Å². The standard InChI is InChI=1S/C20H19IN2O5/c1-13-20(26)23(16-7-2-3-8-17(16)28-13)10-9-19(25)27-12-18(24)22-15-6-4-5-14(21)11-15/h2-8,11,13H,9-10,12H2,1H3,(H,22,24). The van der Waals surface area contributed by atoms with Gasteiger partial charge in [-0.2, -0.15) is 0 Å². The summed E-state index contributed by atoms with van der Waals surface area (Å²) in [5.74, 6) is -0.596. The molecule has 1 aliphatic heterocycles. The average Bonchev–Trinajstić information content (AvgIpc) is 2.67. The molecule has 2 amide bonds. The number of fused-ring (bicyclic) bond motifs is 1. The lowest BCUT2D eigenvalue weighted by molar-refractivity contribution is -0.147. The number of hydrogen-bond acceptors (Lipinski definition) is 5. The van der Waals surface area contributed by atoms with Gasteiger partial charge in [0.25, 0.3) is 11.8 Å². The number of nitrogens with zero attached hydrogens (tertiary/aromatic N) is 1. The molecule has 0 aliphatic carbocycles. The van der Waals surface area contributed by atoms with Crippen LogP contribution in [0.2, 0.25) is 0 Å². The van der Waals surface area contributed by atoms with Crippen molar-refractivity contribution in [1.82, 2.24) is 0 Å². The van der Waals surface area contributed by atoms with Gasteiger partial charge < -0.3 is 19.7 Å². The van der Waals surface area contributed by atoms with E-state index in [-0.39, 0.29) is 25.5 Å². The van der Waals surface area contributed by atoms with Crippen LogP contribution in [0.1, 0.15) is 13.3 Å². The highest BCUT2D eigenvalue weighted by Gasteiger charge is 2.31. The molecule has 2 aromatic rings. The van der Waals surface area contributed by atoms with E-state index >= 15 is 0 Å². The summed E-state index contributed by atoms with van der Waals surface area (Å²) in [5.41, 5.74) is 1.26. The normalized spacial score (nSPS) is 15.4. The summed E-state index contributed by atoms with van der Waals surface area (Å²) >= 11 is 2.14. The van der Waals surface area contributed by atoms with Gasteiger partial charge in [-0.1, -0.05) is 18.2 Å². The minimum atomic E-state index is -0.620. The molecule has 7 nitrogen and oxygen atoms in total. The Morgan fingerprint density at radius 1 is 1.21 bits per heavy atom. The molecule has 1 aliphatic rings. The molecule has 0 aromatic heterocycles. The lowest BCUT2D eigenvalue weighted by atomic mass is 10.2. The Morgan fingerprint density at radius 2 is 2.00 bits per heavy atom. The monoisotopic (exact) mass is 494 g/mol. The molecule has 1 heterocycles. The molecule has 1 atom stereocenters. The first-order valence-corrected chi connectivity index (χ1v) is 9.80. The predicted molar refractivity (Wildman–Crippen MR) is 112 cm³/mol. The van der Waals surface area contributed by atoms with Crippen LogP contribution in [0.4, 0.5) is 11.4 Å². The zero-order chi connectivity index (χ0) is 20.1. The van der Waals surface area contributed by atoms with Crippen molar-refractivity contribution in [2.45, 2.75) is 19.4 Å². The lowest BCUT2D eigenvalue weighted by Crippen LogP contribution is -2.45.